The Balaban J connectivity index is 1.43. The van der Waals surface area contributed by atoms with Crippen molar-refractivity contribution in [2.24, 2.45) is 0 Å². The Bertz CT molecular complexity index is 727. The molecule has 0 spiro atoms. The third-order valence-corrected chi connectivity index (χ3v) is 6.38. The normalized spacial score (nSPS) is 23.7. The van der Waals surface area contributed by atoms with Crippen molar-refractivity contribution in [1.82, 2.24) is 9.80 Å². The number of nitrogens with zero attached hydrogens (tertiary/aromatic N) is 2. The second-order valence-corrected chi connectivity index (χ2v) is 8.13. The number of piperazine rings is 1. The van der Waals surface area contributed by atoms with Gasteiger partial charge in [0, 0.05) is 36.1 Å². The average Bonchev–Trinajstić information content (AvgIpc) is 3.22. The summed E-state index contributed by atoms with van der Waals surface area (Å²) in [6.45, 7) is 6.33. The third kappa shape index (κ3) is 3.56. The minimum Gasteiger partial charge on any atom is -0.378 e. The fourth-order valence-electron chi connectivity index (χ4n) is 4.10. The van der Waals surface area contributed by atoms with Crippen LogP contribution in [0.4, 0.5) is 0 Å². The quantitative estimate of drug-likeness (QED) is 0.822. The molecule has 0 radical (unpaired) electrons. The molecular formula is C21H26N2O2S. The molecule has 1 aromatic carbocycles. The van der Waals surface area contributed by atoms with E-state index in [9.17, 15) is 4.79 Å². The smallest absolute Gasteiger partial charge is 0.253 e. The van der Waals surface area contributed by atoms with E-state index in [1.165, 1.54) is 23.3 Å². The van der Waals surface area contributed by atoms with E-state index in [4.69, 9.17) is 4.74 Å². The van der Waals surface area contributed by atoms with Crippen LogP contribution in [-0.4, -0.2) is 60.6 Å². The Morgan fingerprint density at radius 1 is 1.19 bits per heavy atom. The van der Waals surface area contributed by atoms with Gasteiger partial charge in [0.1, 0.15) is 0 Å². The van der Waals surface area contributed by atoms with Crippen LogP contribution in [0.1, 0.15) is 30.1 Å². The molecule has 4 rings (SSSR count). The summed E-state index contributed by atoms with van der Waals surface area (Å²) in [5.74, 6) is 0.139. The summed E-state index contributed by atoms with van der Waals surface area (Å²) in [5, 5.41) is 2.08. The van der Waals surface area contributed by atoms with Crippen molar-refractivity contribution in [1.29, 1.82) is 0 Å². The van der Waals surface area contributed by atoms with Gasteiger partial charge in [0.05, 0.1) is 19.3 Å². The Hall–Kier alpha value is -1.69. The largest absolute Gasteiger partial charge is 0.378 e. The van der Waals surface area contributed by atoms with Crippen molar-refractivity contribution < 1.29 is 9.53 Å². The van der Waals surface area contributed by atoms with Crippen LogP contribution in [0.5, 0.6) is 0 Å². The standard InChI is InChI=1S/C21H26N2O2S/c1-2-4-18-14-25-15-19-13-22(10-11-23(18)19)21(24)17-8-6-16(7-9-17)20-5-3-12-26-20/h3,5-9,12,18-19H,2,4,10-11,13-15H2,1H3/t18-,19+/m0/s1. The van der Waals surface area contributed by atoms with Gasteiger partial charge in [0.2, 0.25) is 0 Å². The van der Waals surface area contributed by atoms with Gasteiger partial charge in [-0.15, -0.1) is 11.3 Å². The molecule has 4 nitrogen and oxygen atoms in total. The van der Waals surface area contributed by atoms with Crippen molar-refractivity contribution in [3.8, 4) is 10.4 Å². The second kappa shape index (κ2) is 7.91. The minimum absolute atomic E-state index is 0.139. The molecule has 2 aromatic rings. The molecule has 0 N–H and O–H groups in total. The van der Waals surface area contributed by atoms with E-state index >= 15 is 0 Å². The van der Waals surface area contributed by atoms with Crippen LogP contribution in [0.15, 0.2) is 41.8 Å². The Labute approximate surface area is 159 Å². The predicted molar refractivity (Wildman–Crippen MR) is 106 cm³/mol. The van der Waals surface area contributed by atoms with E-state index in [-0.39, 0.29) is 5.91 Å². The van der Waals surface area contributed by atoms with E-state index in [1.54, 1.807) is 11.3 Å². The molecule has 2 fully saturated rings. The highest BCUT2D eigenvalue weighted by molar-refractivity contribution is 7.13. The second-order valence-electron chi connectivity index (χ2n) is 7.18. The number of ether oxygens (including phenoxy) is 1. The monoisotopic (exact) mass is 370 g/mol. The van der Waals surface area contributed by atoms with Gasteiger partial charge in [-0.05, 0) is 35.6 Å². The number of benzene rings is 1. The van der Waals surface area contributed by atoms with Gasteiger partial charge in [0.15, 0.2) is 0 Å². The molecule has 26 heavy (non-hydrogen) atoms. The molecule has 3 heterocycles. The molecular weight excluding hydrogens is 344 g/mol. The molecule has 0 aliphatic carbocycles. The van der Waals surface area contributed by atoms with Crippen molar-refractivity contribution in [3.05, 3.63) is 47.3 Å². The number of thiophene rings is 1. The molecule has 1 aromatic heterocycles. The van der Waals surface area contributed by atoms with Gasteiger partial charge in [-0.25, -0.2) is 0 Å². The number of hydrogen-bond acceptors (Lipinski definition) is 4. The zero-order chi connectivity index (χ0) is 17.9. The Kier molecular flexibility index (Phi) is 5.38. The third-order valence-electron chi connectivity index (χ3n) is 5.46. The fraction of sp³-hybridized carbons (Fsp3) is 0.476. The van der Waals surface area contributed by atoms with E-state index in [0.717, 1.165) is 38.4 Å². The molecule has 0 saturated carbocycles. The summed E-state index contributed by atoms with van der Waals surface area (Å²) in [7, 11) is 0. The SMILES string of the molecule is CCC[C@H]1COC[C@H]2CN(C(=O)c3ccc(-c4cccs4)cc3)CCN12. The van der Waals surface area contributed by atoms with Crippen LogP contribution < -0.4 is 0 Å². The van der Waals surface area contributed by atoms with Crippen molar-refractivity contribution in [2.45, 2.75) is 31.8 Å². The predicted octanol–water partition coefficient (Wildman–Crippen LogP) is 3.74. The first-order valence-electron chi connectivity index (χ1n) is 9.53. The lowest BCUT2D eigenvalue weighted by molar-refractivity contribution is -0.0776. The zero-order valence-electron chi connectivity index (χ0n) is 15.3. The maximum Gasteiger partial charge on any atom is 0.253 e. The van der Waals surface area contributed by atoms with Gasteiger partial charge in [-0.3, -0.25) is 9.69 Å². The van der Waals surface area contributed by atoms with Crippen molar-refractivity contribution in [3.63, 3.8) is 0 Å². The van der Waals surface area contributed by atoms with E-state index in [0.29, 0.717) is 12.1 Å². The van der Waals surface area contributed by atoms with E-state index < -0.39 is 0 Å². The Morgan fingerprint density at radius 2 is 2.04 bits per heavy atom. The zero-order valence-corrected chi connectivity index (χ0v) is 16.1. The number of morpholine rings is 1. The number of carbonyl (C=O) groups excluding carboxylic acids is 1. The first-order chi connectivity index (χ1) is 12.8. The lowest BCUT2D eigenvalue weighted by atomic mass is 10.0. The lowest BCUT2D eigenvalue weighted by Gasteiger charge is -2.48. The molecule has 2 saturated heterocycles. The summed E-state index contributed by atoms with van der Waals surface area (Å²) < 4.78 is 5.82. The Morgan fingerprint density at radius 3 is 2.77 bits per heavy atom. The van der Waals surface area contributed by atoms with Crippen LogP contribution in [0.2, 0.25) is 0 Å². The number of amides is 1. The number of hydrogen-bond donors (Lipinski definition) is 0. The van der Waals surface area contributed by atoms with Gasteiger partial charge in [-0.1, -0.05) is 31.5 Å². The van der Waals surface area contributed by atoms with Crippen LogP contribution in [0.25, 0.3) is 10.4 Å². The maximum absolute atomic E-state index is 12.9. The average molecular weight is 371 g/mol. The van der Waals surface area contributed by atoms with Crippen LogP contribution in [-0.2, 0) is 4.74 Å². The van der Waals surface area contributed by atoms with Gasteiger partial charge in [0.25, 0.3) is 5.91 Å². The van der Waals surface area contributed by atoms with Crippen LogP contribution >= 0.6 is 11.3 Å². The van der Waals surface area contributed by atoms with E-state index in [2.05, 4.69) is 41.5 Å². The lowest BCUT2D eigenvalue weighted by Crippen LogP contribution is -2.62. The fourth-order valence-corrected chi connectivity index (χ4v) is 4.84. The highest BCUT2D eigenvalue weighted by atomic mass is 32.1. The molecule has 2 aliphatic rings. The van der Waals surface area contributed by atoms with Crippen LogP contribution in [0.3, 0.4) is 0 Å². The van der Waals surface area contributed by atoms with Gasteiger partial charge < -0.3 is 9.64 Å². The molecule has 2 aliphatic heterocycles. The molecule has 0 unspecified atom stereocenters. The maximum atomic E-state index is 12.9. The topological polar surface area (TPSA) is 32.8 Å². The summed E-state index contributed by atoms with van der Waals surface area (Å²) in [4.78, 5) is 18.7. The van der Waals surface area contributed by atoms with E-state index in [1.807, 2.05) is 17.0 Å². The minimum atomic E-state index is 0.139. The molecule has 138 valence electrons. The highest BCUT2D eigenvalue weighted by Gasteiger charge is 2.36. The summed E-state index contributed by atoms with van der Waals surface area (Å²) in [6, 6.07) is 13.0. The molecule has 0 bridgehead atoms. The number of carbonyl (C=O) groups is 1. The summed E-state index contributed by atoms with van der Waals surface area (Å²) >= 11 is 1.72. The van der Waals surface area contributed by atoms with Crippen molar-refractivity contribution >= 4 is 17.2 Å². The van der Waals surface area contributed by atoms with Gasteiger partial charge >= 0.3 is 0 Å². The first kappa shape index (κ1) is 17.7. The highest BCUT2D eigenvalue weighted by Crippen LogP contribution is 2.26. The first-order valence-corrected chi connectivity index (χ1v) is 10.4. The molecule has 2 atom stereocenters. The van der Waals surface area contributed by atoms with Crippen LogP contribution in [0, 0.1) is 0 Å². The summed E-state index contributed by atoms with van der Waals surface area (Å²) in [5.41, 5.74) is 1.95. The molecule has 1 amide bonds. The summed E-state index contributed by atoms with van der Waals surface area (Å²) in [6.07, 6.45) is 2.35. The molecule has 5 heteroatoms. The van der Waals surface area contributed by atoms with Gasteiger partial charge in [-0.2, -0.15) is 0 Å². The van der Waals surface area contributed by atoms with Crippen molar-refractivity contribution in [2.75, 3.05) is 32.8 Å². The number of rotatable bonds is 4. The number of fused-ring (bicyclic) bond motifs is 1.